The van der Waals surface area contributed by atoms with Crippen LogP contribution in [0.3, 0.4) is 0 Å². The Kier molecular flexibility index (Phi) is 6.22. The van der Waals surface area contributed by atoms with Crippen LogP contribution in [0.1, 0.15) is 48.9 Å². The number of ether oxygens (including phenoxy) is 1. The smallest absolute Gasteiger partial charge is 0.315 e. The van der Waals surface area contributed by atoms with Crippen LogP contribution in [0.25, 0.3) is 0 Å². The molecule has 0 saturated heterocycles. The van der Waals surface area contributed by atoms with Crippen LogP contribution >= 0.6 is 11.3 Å². The Morgan fingerprint density at radius 3 is 2.76 bits per heavy atom. The highest BCUT2D eigenvalue weighted by Gasteiger charge is 2.22. The average molecular weight is 414 g/mol. The van der Waals surface area contributed by atoms with E-state index >= 15 is 0 Å². The van der Waals surface area contributed by atoms with Crippen LogP contribution in [0, 0.1) is 0 Å². The van der Waals surface area contributed by atoms with Crippen molar-refractivity contribution in [1.29, 1.82) is 0 Å². The number of benzene rings is 1. The Hall–Kier alpha value is -2.87. The molecular formula is C21H27N5O2S. The molecule has 29 heavy (non-hydrogen) atoms. The molecule has 0 fully saturated rings. The number of aryl methyl sites for hydroxylation is 1. The number of aromatic nitrogens is 3. The quantitative estimate of drug-likeness (QED) is 0.645. The van der Waals surface area contributed by atoms with Crippen LogP contribution < -0.4 is 15.4 Å². The highest BCUT2D eigenvalue weighted by Crippen LogP contribution is 2.26. The van der Waals surface area contributed by atoms with Gasteiger partial charge in [-0.1, -0.05) is 32.9 Å². The predicted molar refractivity (Wildman–Crippen MR) is 114 cm³/mol. The van der Waals surface area contributed by atoms with Crippen LogP contribution in [0.5, 0.6) is 5.75 Å². The summed E-state index contributed by atoms with van der Waals surface area (Å²) in [6.45, 7) is 6.74. The Morgan fingerprint density at radius 2 is 2.14 bits per heavy atom. The van der Waals surface area contributed by atoms with Gasteiger partial charge in [-0.25, -0.2) is 14.8 Å². The van der Waals surface area contributed by atoms with Gasteiger partial charge in [-0.15, -0.1) is 11.3 Å². The molecule has 2 amide bonds. The van der Waals surface area contributed by atoms with Gasteiger partial charge >= 0.3 is 6.03 Å². The second-order valence-corrected chi connectivity index (χ2v) is 8.69. The summed E-state index contributed by atoms with van der Waals surface area (Å²) < 4.78 is 7.22. The number of carbonyl (C=O) groups is 1. The highest BCUT2D eigenvalue weighted by atomic mass is 32.1. The van der Waals surface area contributed by atoms with E-state index in [4.69, 9.17) is 4.74 Å². The molecule has 154 valence electrons. The summed E-state index contributed by atoms with van der Waals surface area (Å²) in [7, 11) is 3.52. The van der Waals surface area contributed by atoms with Crippen molar-refractivity contribution in [3.05, 3.63) is 64.1 Å². The summed E-state index contributed by atoms with van der Waals surface area (Å²) in [5.74, 6) is 1.46. The molecule has 0 aliphatic carbocycles. The fourth-order valence-electron chi connectivity index (χ4n) is 2.86. The molecule has 2 N–H and O–H groups in total. The summed E-state index contributed by atoms with van der Waals surface area (Å²) >= 11 is 1.61. The van der Waals surface area contributed by atoms with Crippen molar-refractivity contribution in [3.63, 3.8) is 0 Å². The molecule has 8 heteroatoms. The lowest BCUT2D eigenvalue weighted by molar-refractivity contribution is 0.237. The van der Waals surface area contributed by atoms with E-state index in [-0.39, 0.29) is 11.4 Å². The second kappa shape index (κ2) is 8.65. The number of methoxy groups -OCH3 is 1. The van der Waals surface area contributed by atoms with Crippen molar-refractivity contribution in [2.24, 2.45) is 7.05 Å². The molecule has 3 aromatic rings. The molecule has 1 unspecified atom stereocenters. The predicted octanol–water partition coefficient (Wildman–Crippen LogP) is 3.77. The lowest BCUT2D eigenvalue weighted by Crippen LogP contribution is -2.39. The molecule has 0 aliphatic heterocycles. The number of hydrogen-bond donors (Lipinski definition) is 2. The van der Waals surface area contributed by atoms with E-state index in [0.29, 0.717) is 6.54 Å². The number of hydrogen-bond acceptors (Lipinski definition) is 5. The fraction of sp³-hybridized carbons (Fsp3) is 0.381. The van der Waals surface area contributed by atoms with Gasteiger partial charge in [-0.05, 0) is 17.7 Å². The summed E-state index contributed by atoms with van der Waals surface area (Å²) in [5, 5.41) is 8.96. The topological polar surface area (TPSA) is 81.1 Å². The number of amides is 2. The Balaban J connectivity index is 1.73. The van der Waals surface area contributed by atoms with Gasteiger partial charge in [-0.3, -0.25) is 0 Å². The maximum absolute atomic E-state index is 12.6. The lowest BCUT2D eigenvalue weighted by atomic mass is 9.98. The average Bonchev–Trinajstić information content (AvgIpc) is 3.33. The maximum atomic E-state index is 12.6. The van der Waals surface area contributed by atoms with E-state index in [1.54, 1.807) is 24.6 Å². The molecule has 3 rings (SSSR count). The number of rotatable bonds is 6. The third-order valence-corrected chi connectivity index (χ3v) is 5.76. The molecular weight excluding hydrogens is 386 g/mol. The number of nitrogens with zero attached hydrogens (tertiary/aromatic N) is 3. The Labute approximate surface area is 175 Å². The van der Waals surface area contributed by atoms with Gasteiger partial charge in [-0.2, -0.15) is 0 Å². The standard InChI is InChI=1S/C21H27N5O2S/c1-21(2,3)19-24-15(13-29-19)12-23-20(27)25-17(18-22-9-10-26(18)4)14-7-6-8-16(11-14)28-5/h6-11,13,17H,12H2,1-5H3,(H2,23,25,27). The second-order valence-electron chi connectivity index (χ2n) is 7.83. The minimum Gasteiger partial charge on any atom is -0.497 e. The summed E-state index contributed by atoms with van der Waals surface area (Å²) in [6, 6.07) is 6.91. The monoisotopic (exact) mass is 413 g/mol. The van der Waals surface area contributed by atoms with Crippen molar-refractivity contribution >= 4 is 17.4 Å². The number of imidazole rings is 1. The first kappa shape index (κ1) is 20.9. The molecule has 0 bridgehead atoms. The number of nitrogens with one attached hydrogen (secondary N) is 2. The van der Waals surface area contributed by atoms with Gasteiger partial charge in [0.25, 0.3) is 0 Å². The fourth-order valence-corrected chi connectivity index (χ4v) is 3.77. The van der Waals surface area contributed by atoms with Crippen molar-refractivity contribution in [2.45, 2.75) is 38.8 Å². The minimum atomic E-state index is -0.411. The Morgan fingerprint density at radius 1 is 1.34 bits per heavy atom. The number of thiazole rings is 1. The van der Waals surface area contributed by atoms with E-state index in [1.807, 2.05) is 47.5 Å². The van der Waals surface area contributed by atoms with Crippen LogP contribution in [-0.4, -0.2) is 27.7 Å². The highest BCUT2D eigenvalue weighted by molar-refractivity contribution is 7.09. The largest absolute Gasteiger partial charge is 0.497 e. The first-order chi connectivity index (χ1) is 13.8. The molecule has 1 atom stereocenters. The van der Waals surface area contributed by atoms with Gasteiger partial charge in [0, 0.05) is 30.2 Å². The number of urea groups is 1. The van der Waals surface area contributed by atoms with Gasteiger partial charge in [0.2, 0.25) is 0 Å². The van der Waals surface area contributed by atoms with E-state index in [0.717, 1.165) is 27.8 Å². The van der Waals surface area contributed by atoms with Crippen molar-refractivity contribution in [3.8, 4) is 5.75 Å². The molecule has 0 spiro atoms. The van der Waals surface area contributed by atoms with Crippen molar-refractivity contribution < 1.29 is 9.53 Å². The Bertz CT molecular complexity index is 973. The molecule has 0 aliphatic rings. The van der Waals surface area contributed by atoms with E-state index < -0.39 is 6.04 Å². The van der Waals surface area contributed by atoms with Gasteiger partial charge < -0.3 is 19.9 Å². The zero-order valence-electron chi connectivity index (χ0n) is 17.4. The normalized spacial score (nSPS) is 12.4. The van der Waals surface area contributed by atoms with E-state index in [9.17, 15) is 4.79 Å². The summed E-state index contributed by atoms with van der Waals surface area (Å²) in [6.07, 6.45) is 3.57. The summed E-state index contributed by atoms with van der Waals surface area (Å²) in [4.78, 5) is 21.7. The maximum Gasteiger partial charge on any atom is 0.315 e. The SMILES string of the molecule is COc1cccc(C(NC(=O)NCc2csc(C(C)(C)C)n2)c2nccn2C)c1. The first-order valence-electron chi connectivity index (χ1n) is 9.38. The van der Waals surface area contributed by atoms with Crippen molar-refractivity contribution in [1.82, 2.24) is 25.2 Å². The molecule has 1 aromatic carbocycles. The molecule has 7 nitrogen and oxygen atoms in total. The van der Waals surface area contributed by atoms with Crippen LogP contribution in [0.15, 0.2) is 42.0 Å². The van der Waals surface area contributed by atoms with Gasteiger partial charge in [0.1, 0.15) is 17.6 Å². The molecule has 2 aromatic heterocycles. The minimum absolute atomic E-state index is 0.000832. The van der Waals surface area contributed by atoms with E-state index in [2.05, 4.69) is 41.4 Å². The van der Waals surface area contributed by atoms with Gasteiger partial charge in [0.05, 0.1) is 24.4 Å². The zero-order valence-corrected chi connectivity index (χ0v) is 18.2. The molecule has 2 heterocycles. The summed E-state index contributed by atoms with van der Waals surface area (Å²) in [5.41, 5.74) is 1.74. The third-order valence-electron chi connectivity index (χ3n) is 4.44. The van der Waals surface area contributed by atoms with Crippen LogP contribution in [0.4, 0.5) is 4.79 Å². The zero-order chi connectivity index (χ0) is 21.0. The van der Waals surface area contributed by atoms with Crippen molar-refractivity contribution in [2.75, 3.05) is 7.11 Å². The first-order valence-corrected chi connectivity index (χ1v) is 10.3. The molecule has 0 radical (unpaired) electrons. The van der Waals surface area contributed by atoms with Gasteiger partial charge in [0.15, 0.2) is 0 Å². The van der Waals surface area contributed by atoms with E-state index in [1.165, 1.54) is 0 Å². The van der Waals surface area contributed by atoms with Crippen LogP contribution in [0.2, 0.25) is 0 Å². The number of carbonyl (C=O) groups excluding carboxylic acids is 1. The third kappa shape index (κ3) is 5.14. The lowest BCUT2D eigenvalue weighted by Gasteiger charge is -2.20. The van der Waals surface area contributed by atoms with Crippen LogP contribution in [-0.2, 0) is 19.0 Å². The molecule has 0 saturated carbocycles.